The Morgan fingerprint density at radius 2 is 2.10 bits per heavy atom. The number of hydrogen-bond acceptors (Lipinski definition) is 4. The summed E-state index contributed by atoms with van der Waals surface area (Å²) in [5, 5.41) is 2.81. The molecule has 108 valence electrons. The van der Waals surface area contributed by atoms with Crippen molar-refractivity contribution in [1.82, 2.24) is 4.98 Å². The summed E-state index contributed by atoms with van der Waals surface area (Å²) in [7, 11) is 1.34. The molecular weight excluding hydrogens is 289 g/mol. The van der Waals surface area contributed by atoms with Crippen LogP contribution in [0, 0.1) is 6.92 Å². The van der Waals surface area contributed by atoms with E-state index in [2.05, 4.69) is 10.3 Å². The van der Waals surface area contributed by atoms with E-state index in [0.717, 1.165) is 16.6 Å². The van der Waals surface area contributed by atoms with Gasteiger partial charge in [-0.3, -0.25) is 0 Å². The molecule has 0 atom stereocenters. The van der Waals surface area contributed by atoms with Crippen molar-refractivity contribution in [3.8, 4) is 5.75 Å². The molecule has 0 amide bonds. The lowest BCUT2D eigenvalue weighted by atomic mass is 10.1. The molecule has 0 saturated carbocycles. The third kappa shape index (κ3) is 3.22. The number of ether oxygens (including phenoxy) is 1. The number of aromatic nitrogens is 1. The summed E-state index contributed by atoms with van der Waals surface area (Å²) in [5.41, 5.74) is 1.79. The van der Waals surface area contributed by atoms with E-state index in [1.165, 1.54) is 30.6 Å². The molecule has 0 saturated heterocycles. The zero-order valence-electron chi connectivity index (χ0n) is 10.9. The Hall–Kier alpha value is -1.76. The first-order valence-corrected chi connectivity index (χ1v) is 6.68. The van der Waals surface area contributed by atoms with Crippen LogP contribution >= 0.6 is 11.3 Å². The van der Waals surface area contributed by atoms with Crippen LogP contribution in [0.25, 0.3) is 0 Å². The Kier molecular flexibility index (Phi) is 4.17. The largest absolute Gasteiger partial charge is 0.497 e. The number of anilines is 1. The summed E-state index contributed by atoms with van der Waals surface area (Å²) in [6.07, 6.45) is -4.43. The molecule has 1 heterocycles. The van der Waals surface area contributed by atoms with E-state index in [1.807, 2.05) is 6.92 Å². The second-order valence-corrected chi connectivity index (χ2v) is 5.06. The van der Waals surface area contributed by atoms with Gasteiger partial charge in [-0.2, -0.15) is 13.2 Å². The van der Waals surface area contributed by atoms with Crippen molar-refractivity contribution in [3.05, 3.63) is 39.8 Å². The van der Waals surface area contributed by atoms with Gasteiger partial charge in [-0.25, -0.2) is 4.98 Å². The first kappa shape index (κ1) is 14.6. The van der Waals surface area contributed by atoms with E-state index in [1.54, 1.807) is 5.51 Å². The molecule has 0 unspecified atom stereocenters. The fourth-order valence-corrected chi connectivity index (χ4v) is 2.43. The summed E-state index contributed by atoms with van der Waals surface area (Å²) >= 11 is 1.41. The van der Waals surface area contributed by atoms with E-state index in [9.17, 15) is 13.2 Å². The molecule has 0 aliphatic rings. The van der Waals surface area contributed by atoms with Gasteiger partial charge in [0.05, 0.1) is 30.4 Å². The molecule has 0 aliphatic heterocycles. The molecule has 0 bridgehead atoms. The van der Waals surface area contributed by atoms with E-state index in [4.69, 9.17) is 4.74 Å². The smallest absolute Gasteiger partial charge is 0.418 e. The molecule has 0 spiro atoms. The minimum Gasteiger partial charge on any atom is -0.497 e. The van der Waals surface area contributed by atoms with Crippen LogP contribution < -0.4 is 10.1 Å². The van der Waals surface area contributed by atoms with Crippen LogP contribution in [-0.2, 0) is 12.7 Å². The molecule has 0 aliphatic carbocycles. The van der Waals surface area contributed by atoms with Gasteiger partial charge in [-0.15, -0.1) is 11.3 Å². The number of methoxy groups -OCH3 is 1. The van der Waals surface area contributed by atoms with Crippen molar-refractivity contribution in [2.75, 3.05) is 12.4 Å². The topological polar surface area (TPSA) is 34.1 Å². The summed E-state index contributed by atoms with van der Waals surface area (Å²) in [5.74, 6) is 0.178. The summed E-state index contributed by atoms with van der Waals surface area (Å²) < 4.78 is 43.9. The van der Waals surface area contributed by atoms with Crippen LogP contribution in [0.4, 0.5) is 18.9 Å². The standard InChI is InChI=1S/C13H13F3N2OS/c1-8-12(20-7-18-8)6-17-11-4-3-9(19-2)5-10(11)13(14,15)16/h3-5,7,17H,6H2,1-2H3. The summed E-state index contributed by atoms with van der Waals surface area (Å²) in [6, 6.07) is 3.86. The van der Waals surface area contributed by atoms with Crippen molar-refractivity contribution < 1.29 is 17.9 Å². The minimum atomic E-state index is -4.43. The molecule has 2 rings (SSSR count). The van der Waals surface area contributed by atoms with Gasteiger partial charge in [0, 0.05) is 10.6 Å². The van der Waals surface area contributed by atoms with Crippen molar-refractivity contribution >= 4 is 17.0 Å². The van der Waals surface area contributed by atoms with E-state index >= 15 is 0 Å². The van der Waals surface area contributed by atoms with E-state index in [0.29, 0.717) is 6.54 Å². The molecule has 3 nitrogen and oxygen atoms in total. The predicted molar refractivity (Wildman–Crippen MR) is 72.2 cm³/mol. The fraction of sp³-hybridized carbons (Fsp3) is 0.308. The Labute approximate surface area is 118 Å². The number of nitrogens with one attached hydrogen (secondary N) is 1. The van der Waals surface area contributed by atoms with E-state index in [-0.39, 0.29) is 11.4 Å². The molecule has 2 aromatic rings. The molecule has 1 N–H and O–H groups in total. The maximum absolute atomic E-state index is 13.0. The van der Waals surface area contributed by atoms with Gasteiger partial charge in [0.2, 0.25) is 0 Å². The van der Waals surface area contributed by atoms with Gasteiger partial charge < -0.3 is 10.1 Å². The second kappa shape index (κ2) is 5.70. The predicted octanol–water partition coefficient (Wildman–Crippen LogP) is 4.09. The molecule has 0 fully saturated rings. The van der Waals surface area contributed by atoms with Crippen LogP contribution in [0.5, 0.6) is 5.75 Å². The van der Waals surface area contributed by atoms with Gasteiger partial charge in [0.1, 0.15) is 5.75 Å². The summed E-state index contributed by atoms with van der Waals surface area (Å²) in [6.45, 7) is 2.14. The second-order valence-electron chi connectivity index (χ2n) is 4.12. The first-order valence-electron chi connectivity index (χ1n) is 5.80. The average molecular weight is 302 g/mol. The van der Waals surface area contributed by atoms with Crippen LogP contribution in [0.1, 0.15) is 16.1 Å². The normalized spacial score (nSPS) is 11.4. The Morgan fingerprint density at radius 1 is 1.35 bits per heavy atom. The number of rotatable bonds is 4. The van der Waals surface area contributed by atoms with Gasteiger partial charge in [0.15, 0.2) is 0 Å². The maximum Gasteiger partial charge on any atom is 0.418 e. The Balaban J connectivity index is 2.25. The Morgan fingerprint density at radius 3 is 2.65 bits per heavy atom. The zero-order valence-corrected chi connectivity index (χ0v) is 11.7. The maximum atomic E-state index is 13.0. The number of benzene rings is 1. The number of hydrogen-bond donors (Lipinski definition) is 1. The van der Waals surface area contributed by atoms with Gasteiger partial charge in [-0.05, 0) is 25.1 Å². The number of thiazole rings is 1. The lowest BCUT2D eigenvalue weighted by Crippen LogP contribution is -2.11. The van der Waals surface area contributed by atoms with Crippen LogP contribution in [0.3, 0.4) is 0 Å². The van der Waals surface area contributed by atoms with Gasteiger partial charge in [-0.1, -0.05) is 0 Å². The van der Waals surface area contributed by atoms with Crippen molar-refractivity contribution in [1.29, 1.82) is 0 Å². The lowest BCUT2D eigenvalue weighted by molar-refractivity contribution is -0.137. The van der Waals surface area contributed by atoms with Crippen LogP contribution in [0.2, 0.25) is 0 Å². The number of alkyl halides is 3. The third-order valence-corrected chi connectivity index (χ3v) is 3.75. The highest BCUT2D eigenvalue weighted by Crippen LogP contribution is 2.37. The molecule has 1 aromatic heterocycles. The highest BCUT2D eigenvalue weighted by molar-refractivity contribution is 7.09. The number of nitrogens with zero attached hydrogens (tertiary/aromatic N) is 1. The monoisotopic (exact) mass is 302 g/mol. The first-order chi connectivity index (χ1) is 9.41. The van der Waals surface area contributed by atoms with Crippen LogP contribution in [-0.4, -0.2) is 12.1 Å². The highest BCUT2D eigenvalue weighted by atomic mass is 32.1. The highest BCUT2D eigenvalue weighted by Gasteiger charge is 2.34. The summed E-state index contributed by atoms with van der Waals surface area (Å²) in [4.78, 5) is 4.97. The SMILES string of the molecule is COc1ccc(NCc2scnc2C)c(C(F)(F)F)c1. The van der Waals surface area contributed by atoms with Crippen LogP contribution in [0.15, 0.2) is 23.7 Å². The van der Waals surface area contributed by atoms with Gasteiger partial charge in [0.25, 0.3) is 0 Å². The lowest BCUT2D eigenvalue weighted by Gasteiger charge is -2.15. The average Bonchev–Trinajstić information content (AvgIpc) is 2.80. The Bertz CT molecular complexity index is 596. The number of aryl methyl sites for hydroxylation is 1. The van der Waals surface area contributed by atoms with Gasteiger partial charge >= 0.3 is 6.18 Å². The molecule has 0 radical (unpaired) electrons. The molecule has 7 heteroatoms. The number of halogens is 3. The molecule has 20 heavy (non-hydrogen) atoms. The molecular formula is C13H13F3N2OS. The third-order valence-electron chi connectivity index (χ3n) is 2.82. The van der Waals surface area contributed by atoms with E-state index < -0.39 is 11.7 Å². The zero-order chi connectivity index (χ0) is 14.8. The molecule has 1 aromatic carbocycles. The minimum absolute atomic E-state index is 0.0334. The quantitative estimate of drug-likeness (QED) is 0.923. The fourth-order valence-electron chi connectivity index (χ4n) is 1.71. The van der Waals surface area contributed by atoms with Crippen molar-refractivity contribution in [2.24, 2.45) is 0 Å². The van der Waals surface area contributed by atoms with Crippen molar-refractivity contribution in [2.45, 2.75) is 19.6 Å². The van der Waals surface area contributed by atoms with Crippen molar-refractivity contribution in [3.63, 3.8) is 0 Å².